The number of H-pyrrole nitrogens is 1. The zero-order chi connectivity index (χ0) is 22.8. The first-order valence-electron chi connectivity index (χ1n) is 9.19. The van der Waals surface area contributed by atoms with Crippen molar-refractivity contribution in [1.29, 1.82) is 0 Å². The Bertz CT molecular complexity index is 724. The fraction of sp³-hybridized carbons (Fsp3) is 0.588. The van der Waals surface area contributed by atoms with E-state index in [9.17, 15) is 24.3 Å². The van der Waals surface area contributed by atoms with Gasteiger partial charge in [0.05, 0.1) is 25.6 Å². The molecule has 30 heavy (non-hydrogen) atoms. The van der Waals surface area contributed by atoms with Crippen LogP contribution in [-0.4, -0.2) is 86.4 Å². The maximum atomic E-state index is 12.5. The number of hydrogen-bond acceptors (Lipinski definition) is 8. The number of carboxylic acids is 1. The molecule has 0 spiro atoms. The van der Waals surface area contributed by atoms with E-state index in [1.54, 1.807) is 13.8 Å². The van der Waals surface area contributed by atoms with Gasteiger partial charge in [0.25, 0.3) is 0 Å². The van der Waals surface area contributed by atoms with Crippen LogP contribution < -0.4 is 21.7 Å². The van der Waals surface area contributed by atoms with Crippen molar-refractivity contribution in [2.24, 2.45) is 11.7 Å². The van der Waals surface area contributed by atoms with Gasteiger partial charge in [0.15, 0.2) is 0 Å². The Morgan fingerprint density at radius 2 is 1.53 bits per heavy atom. The number of aliphatic hydroxyl groups excluding tert-OH is 2. The lowest BCUT2D eigenvalue weighted by Gasteiger charge is -2.24. The molecule has 0 aliphatic heterocycles. The SMILES string of the molecule is CC(C)C(N)C(=O)NC(CO)C(=O)NC(Cc1cnc[nH]1)C(=O)NC(CO)C(=O)O. The molecule has 1 heterocycles. The molecule has 4 atom stereocenters. The summed E-state index contributed by atoms with van der Waals surface area (Å²) in [7, 11) is 0. The predicted octanol–water partition coefficient (Wildman–Crippen LogP) is -3.54. The number of rotatable bonds is 12. The Balaban J connectivity index is 2.92. The first kappa shape index (κ1) is 25.0. The molecule has 0 saturated carbocycles. The average Bonchev–Trinajstić information content (AvgIpc) is 3.21. The van der Waals surface area contributed by atoms with Crippen molar-refractivity contribution >= 4 is 23.7 Å². The molecule has 4 unspecified atom stereocenters. The van der Waals surface area contributed by atoms with Gasteiger partial charge in [-0.3, -0.25) is 14.4 Å². The van der Waals surface area contributed by atoms with Gasteiger partial charge in [-0.25, -0.2) is 9.78 Å². The summed E-state index contributed by atoms with van der Waals surface area (Å²) in [6.45, 7) is 1.81. The fourth-order valence-electron chi connectivity index (χ4n) is 2.32. The molecule has 13 heteroatoms. The number of nitrogens with zero attached hydrogens (tertiary/aromatic N) is 1. The molecule has 13 nitrogen and oxygen atoms in total. The number of nitrogens with two attached hydrogens (primary N) is 1. The molecule has 0 aliphatic carbocycles. The molecule has 0 aromatic carbocycles. The van der Waals surface area contributed by atoms with E-state index in [1.165, 1.54) is 12.5 Å². The third-order valence-corrected chi connectivity index (χ3v) is 4.25. The predicted molar refractivity (Wildman–Crippen MR) is 103 cm³/mol. The van der Waals surface area contributed by atoms with Gasteiger partial charge in [-0.1, -0.05) is 13.8 Å². The standard InChI is InChI=1S/C17H28N6O7/c1-8(2)13(18)16(28)22-11(5-24)15(27)21-10(3-9-4-19-7-20-9)14(26)23-12(6-25)17(29)30/h4,7-8,10-13,24-25H,3,5-6,18H2,1-2H3,(H,19,20)(H,21,27)(H,22,28)(H,23,26)(H,29,30). The van der Waals surface area contributed by atoms with Crippen molar-refractivity contribution in [3.63, 3.8) is 0 Å². The minimum Gasteiger partial charge on any atom is -0.480 e. The van der Waals surface area contributed by atoms with Crippen molar-refractivity contribution in [2.75, 3.05) is 13.2 Å². The van der Waals surface area contributed by atoms with Crippen LogP contribution in [0.4, 0.5) is 0 Å². The van der Waals surface area contributed by atoms with Gasteiger partial charge in [-0.2, -0.15) is 0 Å². The number of nitrogens with one attached hydrogen (secondary N) is 4. The summed E-state index contributed by atoms with van der Waals surface area (Å²) in [5.74, 6) is -4.09. The highest BCUT2D eigenvalue weighted by Gasteiger charge is 2.30. The van der Waals surface area contributed by atoms with Gasteiger partial charge in [-0.05, 0) is 5.92 Å². The molecule has 168 valence electrons. The summed E-state index contributed by atoms with van der Waals surface area (Å²) >= 11 is 0. The van der Waals surface area contributed by atoms with Crippen LogP contribution >= 0.6 is 0 Å². The molecule has 9 N–H and O–H groups in total. The number of carbonyl (C=O) groups excluding carboxylic acids is 3. The van der Waals surface area contributed by atoms with E-state index in [2.05, 4.69) is 25.9 Å². The number of aromatic amines is 1. The van der Waals surface area contributed by atoms with Crippen LogP contribution in [-0.2, 0) is 25.6 Å². The number of aliphatic hydroxyl groups is 2. The number of aliphatic carboxylic acids is 1. The second-order valence-corrected chi connectivity index (χ2v) is 6.94. The molecule has 3 amide bonds. The Labute approximate surface area is 172 Å². The number of hydrogen-bond donors (Lipinski definition) is 8. The van der Waals surface area contributed by atoms with Crippen LogP contribution in [0.3, 0.4) is 0 Å². The van der Waals surface area contributed by atoms with Crippen LogP contribution in [0.2, 0.25) is 0 Å². The molecule has 0 bridgehead atoms. The van der Waals surface area contributed by atoms with Gasteiger partial charge >= 0.3 is 5.97 Å². The largest absolute Gasteiger partial charge is 0.480 e. The molecular weight excluding hydrogens is 400 g/mol. The number of carboxylic acid groups (broad SMARTS) is 1. The van der Waals surface area contributed by atoms with Crippen molar-refractivity contribution < 1.29 is 34.5 Å². The normalized spacial score (nSPS) is 15.0. The summed E-state index contributed by atoms with van der Waals surface area (Å²) in [6.07, 6.45) is 2.66. The maximum Gasteiger partial charge on any atom is 0.328 e. The van der Waals surface area contributed by atoms with Gasteiger partial charge in [0.1, 0.15) is 18.1 Å². The Hall–Kier alpha value is -3.03. The maximum absolute atomic E-state index is 12.5. The second-order valence-electron chi connectivity index (χ2n) is 6.94. The molecule has 1 aromatic heterocycles. The van der Waals surface area contributed by atoms with Crippen molar-refractivity contribution in [2.45, 2.75) is 44.4 Å². The Kier molecular flexibility index (Phi) is 9.88. The summed E-state index contributed by atoms with van der Waals surface area (Å²) < 4.78 is 0. The van der Waals surface area contributed by atoms with Gasteiger partial charge < -0.3 is 42.0 Å². The Morgan fingerprint density at radius 3 is 2.00 bits per heavy atom. The highest BCUT2D eigenvalue weighted by molar-refractivity contribution is 5.94. The third kappa shape index (κ3) is 7.42. The lowest BCUT2D eigenvalue weighted by molar-refractivity contribution is -0.143. The van der Waals surface area contributed by atoms with Crippen LogP contribution in [0.15, 0.2) is 12.5 Å². The first-order chi connectivity index (χ1) is 14.1. The molecule has 0 fully saturated rings. The third-order valence-electron chi connectivity index (χ3n) is 4.25. The molecule has 0 saturated heterocycles. The number of aromatic nitrogens is 2. The zero-order valence-corrected chi connectivity index (χ0v) is 16.7. The topological polar surface area (TPSA) is 220 Å². The molecule has 0 aliphatic rings. The van der Waals surface area contributed by atoms with E-state index in [1.807, 2.05) is 0 Å². The van der Waals surface area contributed by atoms with Crippen molar-refractivity contribution in [3.05, 3.63) is 18.2 Å². The van der Waals surface area contributed by atoms with Crippen molar-refractivity contribution in [3.8, 4) is 0 Å². The lowest BCUT2D eigenvalue weighted by atomic mass is 10.0. The van der Waals surface area contributed by atoms with Crippen molar-refractivity contribution in [1.82, 2.24) is 25.9 Å². The van der Waals surface area contributed by atoms with Gasteiger partial charge in [-0.15, -0.1) is 0 Å². The lowest BCUT2D eigenvalue weighted by Crippen LogP contribution is -2.59. The number of amides is 3. The fourth-order valence-corrected chi connectivity index (χ4v) is 2.32. The summed E-state index contributed by atoms with van der Waals surface area (Å²) in [5.41, 5.74) is 6.18. The number of carbonyl (C=O) groups is 4. The monoisotopic (exact) mass is 428 g/mol. The smallest absolute Gasteiger partial charge is 0.328 e. The zero-order valence-electron chi connectivity index (χ0n) is 16.7. The average molecular weight is 428 g/mol. The molecule has 1 rings (SSSR count). The van der Waals surface area contributed by atoms with E-state index in [-0.39, 0.29) is 12.3 Å². The minimum absolute atomic E-state index is 0.0903. The number of imidazole rings is 1. The summed E-state index contributed by atoms with van der Waals surface area (Å²) in [5, 5.41) is 34.4. The van der Waals surface area contributed by atoms with Crippen LogP contribution in [0, 0.1) is 5.92 Å². The van der Waals surface area contributed by atoms with E-state index in [0.717, 1.165) is 0 Å². The van der Waals surface area contributed by atoms with Gasteiger partial charge in [0.2, 0.25) is 17.7 Å². The second kappa shape index (κ2) is 11.8. The summed E-state index contributed by atoms with van der Waals surface area (Å²) in [6, 6.07) is -5.14. The first-order valence-corrected chi connectivity index (χ1v) is 9.19. The van der Waals surface area contributed by atoms with Crippen LogP contribution in [0.1, 0.15) is 19.5 Å². The van der Waals surface area contributed by atoms with E-state index >= 15 is 0 Å². The van der Waals surface area contributed by atoms with Gasteiger partial charge in [0, 0.05) is 18.3 Å². The van der Waals surface area contributed by atoms with E-state index in [4.69, 9.17) is 15.9 Å². The van der Waals surface area contributed by atoms with E-state index < -0.39 is 61.1 Å². The highest BCUT2D eigenvalue weighted by Crippen LogP contribution is 2.02. The quantitative estimate of drug-likeness (QED) is 0.165. The Morgan fingerprint density at radius 1 is 1.00 bits per heavy atom. The minimum atomic E-state index is -1.57. The van der Waals surface area contributed by atoms with Crippen LogP contribution in [0.5, 0.6) is 0 Å². The van der Waals surface area contributed by atoms with E-state index in [0.29, 0.717) is 5.69 Å². The molecule has 0 radical (unpaired) electrons. The molecule has 1 aromatic rings. The summed E-state index contributed by atoms with van der Waals surface area (Å²) in [4.78, 5) is 54.7. The molecular formula is C17H28N6O7. The highest BCUT2D eigenvalue weighted by atomic mass is 16.4. The van der Waals surface area contributed by atoms with Crippen LogP contribution in [0.25, 0.3) is 0 Å².